The monoisotopic (exact) mass is 540 g/mol. The highest BCUT2D eigenvalue weighted by Crippen LogP contribution is 2.31. The summed E-state index contributed by atoms with van der Waals surface area (Å²) in [5, 5.41) is 11.8. The molecule has 1 fully saturated rings. The minimum atomic E-state index is -0.603. The maximum Gasteiger partial charge on any atom is 0.243 e. The van der Waals surface area contributed by atoms with Crippen molar-refractivity contribution in [1.82, 2.24) is 4.90 Å². The first kappa shape index (κ1) is 25.8. The summed E-state index contributed by atoms with van der Waals surface area (Å²) >= 11 is 13.2. The van der Waals surface area contributed by atoms with Gasteiger partial charge in [-0.3, -0.25) is 14.5 Å². The molecular weight excluding hydrogens is 519 g/mol. The number of benzene rings is 2. The molecule has 1 aromatic heterocycles. The second kappa shape index (κ2) is 11.6. The molecule has 2 heterocycles. The molecule has 0 radical (unpaired) electrons. The molecule has 2 amide bonds. The van der Waals surface area contributed by atoms with Gasteiger partial charge in [0.2, 0.25) is 11.8 Å². The molecule has 36 heavy (non-hydrogen) atoms. The fraction of sp³-hybridized carbons (Fsp3) is 0.154. The standard InChI is InChI=1S/C26H22Cl2N4O3S/c1-3-12-32-25(34)23(14-24(33)30-18-7-4-16(2)5-8-18)36-26(32)31-29-15-19-9-11-22(35-19)17-6-10-20(27)21(28)13-17/h3-11,13,15,23H,1,12,14H2,2H3,(H,30,33)/b29-15+,31-26-. The molecule has 4 rings (SSSR count). The Morgan fingerprint density at radius 1 is 1.17 bits per heavy atom. The van der Waals surface area contributed by atoms with E-state index in [1.54, 1.807) is 36.4 Å². The molecule has 0 spiro atoms. The molecule has 1 aliphatic rings. The third kappa shape index (κ3) is 6.26. The van der Waals surface area contributed by atoms with Crippen LogP contribution in [0.2, 0.25) is 10.0 Å². The summed E-state index contributed by atoms with van der Waals surface area (Å²) in [4.78, 5) is 26.9. The van der Waals surface area contributed by atoms with E-state index in [2.05, 4.69) is 22.1 Å². The third-order valence-electron chi connectivity index (χ3n) is 5.20. The molecule has 3 aromatic rings. The van der Waals surface area contributed by atoms with Crippen molar-refractivity contribution in [2.24, 2.45) is 10.2 Å². The molecule has 1 aliphatic heterocycles. The number of furan rings is 1. The van der Waals surface area contributed by atoms with Crippen LogP contribution in [-0.2, 0) is 9.59 Å². The molecule has 0 aliphatic carbocycles. The molecule has 1 N–H and O–H groups in total. The zero-order valence-electron chi connectivity index (χ0n) is 19.3. The molecule has 1 atom stereocenters. The van der Waals surface area contributed by atoms with Crippen LogP contribution >= 0.6 is 35.0 Å². The number of halogens is 2. The maximum absolute atomic E-state index is 12.9. The lowest BCUT2D eigenvalue weighted by molar-refractivity contribution is -0.127. The van der Waals surface area contributed by atoms with Crippen LogP contribution in [0.4, 0.5) is 5.69 Å². The fourth-order valence-corrected chi connectivity index (χ4v) is 4.79. The summed E-state index contributed by atoms with van der Waals surface area (Å²) in [6.07, 6.45) is 3.06. The Kier molecular flexibility index (Phi) is 8.30. The zero-order valence-corrected chi connectivity index (χ0v) is 21.6. The molecule has 184 valence electrons. The van der Waals surface area contributed by atoms with Gasteiger partial charge in [0.15, 0.2) is 5.17 Å². The number of nitrogens with one attached hydrogen (secondary N) is 1. The second-order valence-electron chi connectivity index (χ2n) is 7.92. The van der Waals surface area contributed by atoms with Gasteiger partial charge in [-0.25, -0.2) is 0 Å². The number of anilines is 1. The van der Waals surface area contributed by atoms with E-state index in [-0.39, 0.29) is 24.8 Å². The SMILES string of the molecule is C=CCN1C(=O)C(CC(=O)Nc2ccc(C)cc2)S/C1=N\N=C\c1ccc(-c2ccc(Cl)c(Cl)c2)o1. The summed E-state index contributed by atoms with van der Waals surface area (Å²) in [6.45, 7) is 5.94. The lowest BCUT2D eigenvalue weighted by Crippen LogP contribution is -2.33. The van der Waals surface area contributed by atoms with Gasteiger partial charge in [-0.05, 0) is 49.4 Å². The predicted octanol–water partition coefficient (Wildman–Crippen LogP) is 6.41. The van der Waals surface area contributed by atoms with Crippen LogP contribution in [-0.4, -0.2) is 39.9 Å². The van der Waals surface area contributed by atoms with Gasteiger partial charge in [0, 0.05) is 24.2 Å². The Morgan fingerprint density at radius 2 is 1.94 bits per heavy atom. The maximum atomic E-state index is 12.9. The summed E-state index contributed by atoms with van der Waals surface area (Å²) in [6, 6.07) is 16.2. The first-order valence-corrected chi connectivity index (χ1v) is 12.6. The summed E-state index contributed by atoms with van der Waals surface area (Å²) in [7, 11) is 0. The van der Waals surface area contributed by atoms with Crippen molar-refractivity contribution in [1.29, 1.82) is 0 Å². The van der Waals surface area contributed by atoms with Crippen LogP contribution in [0, 0.1) is 6.92 Å². The summed E-state index contributed by atoms with van der Waals surface area (Å²) in [5.74, 6) is 0.603. The van der Waals surface area contributed by atoms with E-state index < -0.39 is 5.25 Å². The second-order valence-corrected chi connectivity index (χ2v) is 9.90. The molecule has 7 nitrogen and oxygen atoms in total. The Morgan fingerprint density at radius 3 is 2.67 bits per heavy atom. The van der Waals surface area contributed by atoms with E-state index in [4.69, 9.17) is 27.6 Å². The predicted molar refractivity (Wildman–Crippen MR) is 147 cm³/mol. The van der Waals surface area contributed by atoms with Gasteiger partial charge in [0.05, 0.1) is 16.3 Å². The number of carbonyl (C=O) groups is 2. The van der Waals surface area contributed by atoms with Crippen molar-refractivity contribution in [3.05, 3.63) is 88.6 Å². The van der Waals surface area contributed by atoms with Gasteiger partial charge >= 0.3 is 0 Å². The number of rotatable bonds is 8. The Balaban J connectivity index is 1.43. The third-order valence-corrected chi connectivity index (χ3v) is 7.10. The quantitative estimate of drug-likeness (QED) is 0.203. The van der Waals surface area contributed by atoms with Gasteiger partial charge in [-0.2, -0.15) is 5.10 Å². The van der Waals surface area contributed by atoms with Crippen molar-refractivity contribution >= 4 is 63.8 Å². The lowest BCUT2D eigenvalue weighted by Gasteiger charge is -2.12. The van der Waals surface area contributed by atoms with Gasteiger partial charge < -0.3 is 9.73 Å². The van der Waals surface area contributed by atoms with Crippen molar-refractivity contribution < 1.29 is 14.0 Å². The average Bonchev–Trinajstić information content (AvgIpc) is 3.43. The van der Waals surface area contributed by atoms with Crippen molar-refractivity contribution in [2.45, 2.75) is 18.6 Å². The molecule has 2 aromatic carbocycles. The van der Waals surface area contributed by atoms with Gasteiger partial charge in [0.25, 0.3) is 0 Å². The van der Waals surface area contributed by atoms with Crippen LogP contribution in [0.5, 0.6) is 0 Å². The molecule has 0 bridgehead atoms. The summed E-state index contributed by atoms with van der Waals surface area (Å²) < 4.78 is 5.79. The Bertz CT molecular complexity index is 1350. The highest BCUT2D eigenvalue weighted by atomic mass is 35.5. The van der Waals surface area contributed by atoms with E-state index in [1.807, 2.05) is 31.2 Å². The molecule has 10 heteroatoms. The minimum absolute atomic E-state index is 0.0128. The van der Waals surface area contributed by atoms with Crippen LogP contribution in [0.3, 0.4) is 0 Å². The van der Waals surface area contributed by atoms with Crippen LogP contribution in [0.1, 0.15) is 17.7 Å². The van der Waals surface area contributed by atoms with Crippen molar-refractivity contribution in [3.8, 4) is 11.3 Å². The number of thioether (sulfide) groups is 1. The van der Waals surface area contributed by atoms with Gasteiger partial charge in [-0.15, -0.1) is 11.7 Å². The minimum Gasteiger partial charge on any atom is -0.455 e. The Hall–Kier alpha value is -3.33. The van der Waals surface area contributed by atoms with E-state index in [0.717, 1.165) is 11.1 Å². The molecule has 0 saturated carbocycles. The van der Waals surface area contributed by atoms with Crippen LogP contribution in [0.25, 0.3) is 11.3 Å². The smallest absolute Gasteiger partial charge is 0.243 e. The molecule has 1 saturated heterocycles. The van der Waals surface area contributed by atoms with Crippen molar-refractivity contribution in [2.75, 3.05) is 11.9 Å². The number of nitrogens with zero attached hydrogens (tertiary/aromatic N) is 3. The Labute approximate surface area is 222 Å². The van der Waals surface area contributed by atoms with E-state index in [0.29, 0.717) is 32.4 Å². The number of carbonyl (C=O) groups excluding carboxylic acids is 2. The zero-order chi connectivity index (χ0) is 25.7. The van der Waals surface area contributed by atoms with E-state index in [9.17, 15) is 9.59 Å². The first-order chi connectivity index (χ1) is 17.3. The number of hydrogen-bond donors (Lipinski definition) is 1. The largest absolute Gasteiger partial charge is 0.455 e. The van der Waals surface area contributed by atoms with E-state index in [1.165, 1.54) is 22.9 Å². The van der Waals surface area contributed by atoms with Crippen molar-refractivity contribution in [3.63, 3.8) is 0 Å². The fourth-order valence-electron chi connectivity index (χ4n) is 3.39. The molecule has 1 unspecified atom stereocenters. The van der Waals surface area contributed by atoms with Crippen LogP contribution < -0.4 is 5.32 Å². The van der Waals surface area contributed by atoms with Gasteiger partial charge in [0.1, 0.15) is 16.8 Å². The number of hydrogen-bond acceptors (Lipinski definition) is 6. The lowest BCUT2D eigenvalue weighted by atomic mass is 10.2. The highest BCUT2D eigenvalue weighted by Gasteiger charge is 2.38. The normalized spacial score (nSPS) is 16.8. The summed E-state index contributed by atoms with van der Waals surface area (Å²) in [5.41, 5.74) is 2.55. The van der Waals surface area contributed by atoms with Gasteiger partial charge in [-0.1, -0.05) is 58.7 Å². The first-order valence-electron chi connectivity index (χ1n) is 11.0. The van der Waals surface area contributed by atoms with E-state index >= 15 is 0 Å². The molecular formula is C26H22Cl2N4O3S. The highest BCUT2D eigenvalue weighted by molar-refractivity contribution is 8.15. The average molecular weight is 541 g/mol. The number of amides is 2. The number of aryl methyl sites for hydroxylation is 1. The topological polar surface area (TPSA) is 87.3 Å². The number of amidine groups is 1. The van der Waals surface area contributed by atoms with Crippen LogP contribution in [0.15, 0.2) is 81.9 Å².